The zero-order chi connectivity index (χ0) is 9.84. The van der Waals surface area contributed by atoms with Gasteiger partial charge in [0, 0.05) is 11.9 Å². The first kappa shape index (κ1) is 9.73. The summed E-state index contributed by atoms with van der Waals surface area (Å²) in [6.45, 7) is 1.88. The first-order valence-corrected chi connectivity index (χ1v) is 4.53. The van der Waals surface area contributed by atoms with E-state index in [1.165, 1.54) is 11.3 Å². The molecule has 70 valence electrons. The van der Waals surface area contributed by atoms with E-state index in [4.69, 9.17) is 0 Å². The van der Waals surface area contributed by atoms with Gasteiger partial charge in [-0.15, -0.1) is 11.3 Å². The second-order valence-electron chi connectivity index (χ2n) is 2.44. The van der Waals surface area contributed by atoms with Crippen LogP contribution in [0.1, 0.15) is 15.2 Å². The molecule has 0 aromatic carbocycles. The molecule has 1 heterocycles. The molecule has 0 fully saturated rings. The Morgan fingerprint density at radius 3 is 2.85 bits per heavy atom. The summed E-state index contributed by atoms with van der Waals surface area (Å²) in [5.74, 6) is -0.186. The Balaban J connectivity index is 3.03. The standard InChI is InChI=1S/C8H10N2O2S/c1-5-3-6(7(12)9-2)8(13-5)10-4-11/h3-4H,1-2H3,(H,9,12)(H,10,11). The van der Waals surface area contributed by atoms with Crippen LogP contribution in [0.2, 0.25) is 0 Å². The minimum atomic E-state index is -0.186. The number of carbonyl (C=O) groups excluding carboxylic acids is 2. The smallest absolute Gasteiger partial charge is 0.254 e. The van der Waals surface area contributed by atoms with E-state index in [2.05, 4.69) is 10.6 Å². The molecule has 1 aromatic rings. The Hall–Kier alpha value is -1.36. The first-order valence-electron chi connectivity index (χ1n) is 3.71. The quantitative estimate of drug-likeness (QED) is 0.711. The Morgan fingerprint density at radius 1 is 1.62 bits per heavy atom. The topological polar surface area (TPSA) is 58.2 Å². The molecular weight excluding hydrogens is 188 g/mol. The van der Waals surface area contributed by atoms with Crippen LogP contribution in [-0.2, 0) is 4.79 Å². The fourth-order valence-electron chi connectivity index (χ4n) is 0.978. The lowest BCUT2D eigenvalue weighted by Crippen LogP contribution is -2.18. The third-order valence-corrected chi connectivity index (χ3v) is 2.50. The second-order valence-corrected chi connectivity index (χ2v) is 3.70. The summed E-state index contributed by atoms with van der Waals surface area (Å²) in [4.78, 5) is 22.5. The molecule has 0 saturated heterocycles. The van der Waals surface area contributed by atoms with Gasteiger partial charge in [-0.1, -0.05) is 0 Å². The maximum absolute atomic E-state index is 11.3. The Morgan fingerprint density at radius 2 is 2.31 bits per heavy atom. The molecule has 13 heavy (non-hydrogen) atoms. The van der Waals surface area contributed by atoms with Gasteiger partial charge in [-0.25, -0.2) is 0 Å². The van der Waals surface area contributed by atoms with Gasteiger partial charge in [-0.3, -0.25) is 9.59 Å². The highest BCUT2D eigenvalue weighted by Crippen LogP contribution is 2.26. The summed E-state index contributed by atoms with van der Waals surface area (Å²) in [6.07, 6.45) is 0.567. The predicted molar refractivity (Wildman–Crippen MR) is 52.1 cm³/mol. The van der Waals surface area contributed by atoms with E-state index >= 15 is 0 Å². The zero-order valence-corrected chi connectivity index (χ0v) is 8.20. The van der Waals surface area contributed by atoms with E-state index < -0.39 is 0 Å². The molecule has 0 aliphatic heterocycles. The van der Waals surface area contributed by atoms with Gasteiger partial charge in [-0.05, 0) is 13.0 Å². The molecule has 5 heteroatoms. The molecule has 1 rings (SSSR count). The largest absolute Gasteiger partial charge is 0.355 e. The highest BCUT2D eigenvalue weighted by molar-refractivity contribution is 7.16. The molecule has 0 saturated carbocycles. The Kier molecular flexibility index (Phi) is 3.02. The van der Waals surface area contributed by atoms with Crippen molar-refractivity contribution in [3.63, 3.8) is 0 Å². The van der Waals surface area contributed by atoms with E-state index in [-0.39, 0.29) is 5.91 Å². The summed E-state index contributed by atoms with van der Waals surface area (Å²) in [6, 6.07) is 1.75. The third-order valence-electron chi connectivity index (χ3n) is 1.52. The highest BCUT2D eigenvalue weighted by atomic mass is 32.1. The first-order chi connectivity index (χ1) is 6.19. The van der Waals surface area contributed by atoms with Crippen molar-refractivity contribution in [1.29, 1.82) is 0 Å². The monoisotopic (exact) mass is 198 g/mol. The lowest BCUT2D eigenvalue weighted by atomic mass is 10.3. The van der Waals surface area contributed by atoms with E-state index in [1.54, 1.807) is 13.1 Å². The van der Waals surface area contributed by atoms with Crippen LogP contribution in [0.15, 0.2) is 6.07 Å². The SMILES string of the molecule is CNC(=O)c1cc(C)sc1NC=O. The van der Waals surface area contributed by atoms with Gasteiger partial charge in [0.1, 0.15) is 5.00 Å². The molecule has 0 radical (unpaired) electrons. The summed E-state index contributed by atoms with van der Waals surface area (Å²) in [5, 5.41) is 5.58. The fourth-order valence-corrected chi connectivity index (χ4v) is 1.85. The van der Waals surface area contributed by atoms with Gasteiger partial charge in [0.25, 0.3) is 5.91 Å². The Bertz CT molecular complexity index is 333. The molecule has 2 N–H and O–H groups in total. The van der Waals surface area contributed by atoms with Crippen LogP contribution < -0.4 is 10.6 Å². The molecular formula is C8H10N2O2S. The fraction of sp³-hybridized carbons (Fsp3) is 0.250. The molecule has 4 nitrogen and oxygen atoms in total. The molecule has 0 aliphatic rings. The van der Waals surface area contributed by atoms with Crippen LogP contribution in [0.25, 0.3) is 0 Å². The normalized spacial score (nSPS) is 9.38. The lowest BCUT2D eigenvalue weighted by molar-refractivity contribution is -0.105. The van der Waals surface area contributed by atoms with Gasteiger partial charge in [0.15, 0.2) is 0 Å². The molecule has 0 spiro atoms. The maximum Gasteiger partial charge on any atom is 0.254 e. The number of hydrogen-bond donors (Lipinski definition) is 2. The average Bonchev–Trinajstić information content (AvgIpc) is 2.46. The van der Waals surface area contributed by atoms with Crippen LogP contribution >= 0.6 is 11.3 Å². The summed E-state index contributed by atoms with van der Waals surface area (Å²) >= 11 is 1.38. The number of carbonyl (C=O) groups is 2. The van der Waals surface area contributed by atoms with E-state index in [0.717, 1.165) is 4.88 Å². The molecule has 0 bridgehead atoms. The van der Waals surface area contributed by atoms with Crippen molar-refractivity contribution < 1.29 is 9.59 Å². The lowest BCUT2D eigenvalue weighted by Gasteiger charge is -1.98. The zero-order valence-electron chi connectivity index (χ0n) is 7.38. The number of thiophene rings is 1. The van der Waals surface area contributed by atoms with Crippen molar-refractivity contribution >= 4 is 28.7 Å². The number of rotatable bonds is 3. The maximum atomic E-state index is 11.3. The van der Waals surface area contributed by atoms with Crippen LogP contribution in [-0.4, -0.2) is 19.4 Å². The molecule has 1 aromatic heterocycles. The van der Waals surface area contributed by atoms with E-state index in [9.17, 15) is 9.59 Å². The van der Waals surface area contributed by atoms with Crippen molar-refractivity contribution in [2.24, 2.45) is 0 Å². The van der Waals surface area contributed by atoms with Crippen LogP contribution in [0.4, 0.5) is 5.00 Å². The predicted octanol–water partition coefficient (Wildman–Crippen LogP) is 0.984. The number of amides is 2. The van der Waals surface area contributed by atoms with E-state index in [1.807, 2.05) is 6.92 Å². The number of hydrogen-bond acceptors (Lipinski definition) is 3. The van der Waals surface area contributed by atoms with Gasteiger partial charge < -0.3 is 10.6 Å². The molecule has 0 unspecified atom stereocenters. The van der Waals surface area contributed by atoms with Crippen molar-refractivity contribution in [3.05, 3.63) is 16.5 Å². The van der Waals surface area contributed by atoms with Crippen molar-refractivity contribution in [2.45, 2.75) is 6.92 Å². The summed E-state index contributed by atoms with van der Waals surface area (Å²) < 4.78 is 0. The number of nitrogens with one attached hydrogen (secondary N) is 2. The van der Waals surface area contributed by atoms with E-state index in [0.29, 0.717) is 17.0 Å². The van der Waals surface area contributed by atoms with Gasteiger partial charge in [-0.2, -0.15) is 0 Å². The van der Waals surface area contributed by atoms with Crippen LogP contribution in [0.5, 0.6) is 0 Å². The Labute approximate surface area is 80.0 Å². The molecule has 0 atom stereocenters. The molecule has 2 amide bonds. The molecule has 0 aliphatic carbocycles. The van der Waals surface area contributed by atoms with Gasteiger partial charge >= 0.3 is 0 Å². The van der Waals surface area contributed by atoms with Crippen molar-refractivity contribution in [1.82, 2.24) is 5.32 Å². The van der Waals surface area contributed by atoms with Gasteiger partial charge in [0.05, 0.1) is 5.56 Å². The average molecular weight is 198 g/mol. The van der Waals surface area contributed by atoms with Crippen molar-refractivity contribution in [3.8, 4) is 0 Å². The van der Waals surface area contributed by atoms with Crippen molar-refractivity contribution in [2.75, 3.05) is 12.4 Å². The highest BCUT2D eigenvalue weighted by Gasteiger charge is 2.12. The number of aryl methyl sites for hydroxylation is 1. The van der Waals surface area contributed by atoms with Crippen LogP contribution in [0, 0.1) is 6.92 Å². The number of anilines is 1. The van der Waals surface area contributed by atoms with Crippen LogP contribution in [0.3, 0.4) is 0 Å². The summed E-state index contributed by atoms with van der Waals surface area (Å²) in [7, 11) is 1.56. The summed E-state index contributed by atoms with van der Waals surface area (Å²) in [5.41, 5.74) is 0.511. The third kappa shape index (κ3) is 2.06. The second kappa shape index (κ2) is 4.04. The minimum Gasteiger partial charge on any atom is -0.355 e. The van der Waals surface area contributed by atoms with Gasteiger partial charge in [0.2, 0.25) is 6.41 Å². The minimum absolute atomic E-state index is 0.186.